The summed E-state index contributed by atoms with van der Waals surface area (Å²) < 4.78 is 33.3. The van der Waals surface area contributed by atoms with Crippen LogP contribution in [0.5, 0.6) is 0 Å². The van der Waals surface area contributed by atoms with Crippen molar-refractivity contribution in [1.29, 1.82) is 0 Å². The second-order valence-electron chi connectivity index (χ2n) is 7.33. The van der Waals surface area contributed by atoms with E-state index in [2.05, 4.69) is 19.8 Å². The highest BCUT2D eigenvalue weighted by Gasteiger charge is 2.26. The molecule has 0 fully saturated rings. The first-order valence-electron chi connectivity index (χ1n) is 8.38. The molecule has 0 radical (unpaired) electrons. The molecule has 0 unspecified atom stereocenters. The largest absolute Gasteiger partial charge is 0.334 e. The molecule has 0 spiro atoms. The summed E-state index contributed by atoms with van der Waals surface area (Å²) in [7, 11) is -4.35. The summed E-state index contributed by atoms with van der Waals surface area (Å²) >= 11 is 6.06. The summed E-state index contributed by atoms with van der Waals surface area (Å²) in [6, 6.07) is 4.34. The number of H-pyrrole nitrogens is 2. The van der Waals surface area contributed by atoms with Crippen molar-refractivity contribution in [3.8, 4) is 11.5 Å². The van der Waals surface area contributed by atoms with Crippen LogP contribution in [0, 0.1) is 6.92 Å². The molecule has 0 bridgehead atoms. The number of sulfonamides is 1. The number of rotatable bonds is 4. The van der Waals surface area contributed by atoms with E-state index in [4.69, 9.17) is 16.1 Å². The smallest absolute Gasteiger partial charge is 0.325 e. The van der Waals surface area contributed by atoms with Gasteiger partial charge in [0.1, 0.15) is 0 Å². The van der Waals surface area contributed by atoms with Crippen LogP contribution in [0.2, 0.25) is 5.02 Å². The summed E-state index contributed by atoms with van der Waals surface area (Å²) in [5.41, 5.74) is -2.03. The average Bonchev–Trinajstić information content (AvgIpc) is 3.05. The maximum atomic E-state index is 12.8. The molecule has 0 aliphatic rings. The zero-order valence-corrected chi connectivity index (χ0v) is 17.5. The highest BCUT2D eigenvalue weighted by Crippen LogP contribution is 2.32. The minimum Gasteiger partial charge on any atom is -0.334 e. The SMILES string of the molecule is Cc1[nH]c(=O)[nH]c(=O)c1S(=O)(=O)Nc1ccc(Cl)cc1-c1nc(C(C)(C)C)no1. The minimum atomic E-state index is -4.35. The van der Waals surface area contributed by atoms with E-state index in [0.29, 0.717) is 10.8 Å². The molecule has 154 valence electrons. The molecule has 0 aliphatic carbocycles. The number of aromatic nitrogens is 4. The fourth-order valence-electron chi connectivity index (χ4n) is 2.53. The highest BCUT2D eigenvalue weighted by atomic mass is 35.5. The van der Waals surface area contributed by atoms with E-state index < -0.39 is 26.2 Å². The maximum absolute atomic E-state index is 12.8. The van der Waals surface area contributed by atoms with Gasteiger partial charge in [-0.3, -0.25) is 14.5 Å². The molecule has 0 aliphatic heterocycles. The van der Waals surface area contributed by atoms with E-state index in [1.807, 2.05) is 25.8 Å². The van der Waals surface area contributed by atoms with Gasteiger partial charge in [0.05, 0.1) is 11.3 Å². The Morgan fingerprint density at radius 1 is 1.17 bits per heavy atom. The number of nitrogens with zero attached hydrogens (tertiary/aromatic N) is 2. The summed E-state index contributed by atoms with van der Waals surface area (Å²) in [6.07, 6.45) is 0. The lowest BCUT2D eigenvalue weighted by Crippen LogP contribution is -2.31. The number of anilines is 1. The van der Waals surface area contributed by atoms with Gasteiger partial charge in [0.2, 0.25) is 0 Å². The molecular formula is C17H18ClN5O5S. The van der Waals surface area contributed by atoms with E-state index in [9.17, 15) is 18.0 Å². The number of aromatic amines is 2. The van der Waals surface area contributed by atoms with Gasteiger partial charge in [-0.2, -0.15) is 4.98 Å². The van der Waals surface area contributed by atoms with Crippen LogP contribution in [0.4, 0.5) is 5.69 Å². The van der Waals surface area contributed by atoms with Gasteiger partial charge in [-0.15, -0.1) is 0 Å². The lowest BCUT2D eigenvalue weighted by molar-refractivity contribution is 0.402. The lowest BCUT2D eigenvalue weighted by atomic mass is 9.96. The van der Waals surface area contributed by atoms with Gasteiger partial charge in [0.15, 0.2) is 10.7 Å². The molecule has 0 atom stereocenters. The predicted octanol–water partition coefficient (Wildman–Crippen LogP) is 2.17. The van der Waals surface area contributed by atoms with Crippen molar-refractivity contribution in [3.63, 3.8) is 0 Å². The van der Waals surface area contributed by atoms with Crippen molar-refractivity contribution in [2.75, 3.05) is 4.72 Å². The molecule has 1 aromatic carbocycles. The van der Waals surface area contributed by atoms with Crippen molar-refractivity contribution < 1.29 is 12.9 Å². The van der Waals surface area contributed by atoms with Gasteiger partial charge in [-0.05, 0) is 25.1 Å². The molecule has 2 aromatic heterocycles. The van der Waals surface area contributed by atoms with Crippen LogP contribution >= 0.6 is 11.6 Å². The average molecular weight is 440 g/mol. The van der Waals surface area contributed by atoms with Crippen LogP contribution in [0.3, 0.4) is 0 Å². The van der Waals surface area contributed by atoms with Gasteiger partial charge in [0.25, 0.3) is 21.5 Å². The van der Waals surface area contributed by atoms with Crippen molar-refractivity contribution in [2.45, 2.75) is 38.0 Å². The zero-order valence-electron chi connectivity index (χ0n) is 16.0. The van der Waals surface area contributed by atoms with Crippen LogP contribution < -0.4 is 16.0 Å². The van der Waals surface area contributed by atoms with Crippen molar-refractivity contribution in [2.24, 2.45) is 0 Å². The fraction of sp³-hybridized carbons (Fsp3) is 0.294. The normalized spacial score (nSPS) is 12.2. The number of benzene rings is 1. The van der Waals surface area contributed by atoms with E-state index in [-0.39, 0.29) is 28.3 Å². The van der Waals surface area contributed by atoms with Crippen molar-refractivity contribution >= 4 is 27.3 Å². The van der Waals surface area contributed by atoms with Gasteiger partial charge < -0.3 is 9.51 Å². The van der Waals surface area contributed by atoms with E-state index in [1.165, 1.54) is 25.1 Å². The third-order valence-corrected chi connectivity index (χ3v) is 5.65. The first-order chi connectivity index (χ1) is 13.4. The first kappa shape index (κ1) is 20.8. The molecule has 29 heavy (non-hydrogen) atoms. The minimum absolute atomic E-state index is 0.0576. The summed E-state index contributed by atoms with van der Waals surface area (Å²) in [5.74, 6) is 0.483. The Morgan fingerprint density at radius 2 is 1.86 bits per heavy atom. The third kappa shape index (κ3) is 4.25. The summed E-state index contributed by atoms with van der Waals surface area (Å²) in [5, 5.41) is 4.24. The van der Waals surface area contributed by atoms with Crippen molar-refractivity contribution in [1.82, 2.24) is 20.1 Å². The van der Waals surface area contributed by atoms with Gasteiger partial charge in [-0.1, -0.05) is 37.5 Å². The van der Waals surface area contributed by atoms with Crippen LogP contribution in [0.1, 0.15) is 32.3 Å². The Bertz CT molecular complexity index is 1300. The Morgan fingerprint density at radius 3 is 2.45 bits per heavy atom. The van der Waals surface area contributed by atoms with E-state index in [0.717, 1.165) is 0 Å². The molecular weight excluding hydrogens is 422 g/mol. The molecule has 0 amide bonds. The van der Waals surface area contributed by atoms with Gasteiger partial charge >= 0.3 is 5.69 Å². The quantitative estimate of drug-likeness (QED) is 0.563. The Hall–Kier alpha value is -2.92. The maximum Gasteiger partial charge on any atom is 0.325 e. The van der Waals surface area contributed by atoms with E-state index in [1.54, 1.807) is 0 Å². The topological polar surface area (TPSA) is 151 Å². The molecule has 3 N–H and O–H groups in total. The number of aryl methyl sites for hydroxylation is 1. The number of halogens is 1. The Balaban J connectivity index is 2.11. The van der Waals surface area contributed by atoms with Gasteiger partial charge in [-0.25, -0.2) is 13.2 Å². The standard InChI is InChI=1S/C17H18ClN5O5S/c1-8-12(13(24)20-16(25)19-8)29(26,27)23-11-6-5-9(18)7-10(11)14-21-15(22-28-14)17(2,3)4/h5-7,23H,1-4H3,(H2,19,20,24,25). The number of nitrogens with one attached hydrogen (secondary N) is 3. The zero-order chi connectivity index (χ0) is 21.6. The fourth-order valence-corrected chi connectivity index (χ4v) is 4.02. The first-order valence-corrected chi connectivity index (χ1v) is 10.2. The number of hydrogen-bond donors (Lipinski definition) is 3. The lowest BCUT2D eigenvalue weighted by Gasteiger charge is -2.12. The second-order valence-corrected chi connectivity index (χ2v) is 9.39. The predicted molar refractivity (Wildman–Crippen MR) is 107 cm³/mol. The molecule has 12 heteroatoms. The Kier molecular flexibility index (Phi) is 5.13. The van der Waals surface area contributed by atoms with Crippen LogP contribution in [0.15, 0.2) is 37.2 Å². The highest BCUT2D eigenvalue weighted by molar-refractivity contribution is 7.92. The van der Waals surface area contributed by atoms with Crippen LogP contribution in [-0.4, -0.2) is 28.5 Å². The molecule has 3 aromatic rings. The van der Waals surface area contributed by atoms with Gasteiger partial charge in [0, 0.05) is 16.1 Å². The van der Waals surface area contributed by atoms with Crippen LogP contribution in [0.25, 0.3) is 11.5 Å². The Labute approximate surface area is 170 Å². The van der Waals surface area contributed by atoms with Crippen LogP contribution in [-0.2, 0) is 15.4 Å². The molecule has 3 rings (SSSR count). The summed E-state index contributed by atoms with van der Waals surface area (Å²) in [6.45, 7) is 7.00. The molecule has 0 saturated heterocycles. The van der Waals surface area contributed by atoms with E-state index >= 15 is 0 Å². The third-order valence-electron chi connectivity index (χ3n) is 3.90. The molecule has 2 heterocycles. The monoisotopic (exact) mass is 439 g/mol. The molecule has 10 nitrogen and oxygen atoms in total. The number of hydrogen-bond acceptors (Lipinski definition) is 7. The van der Waals surface area contributed by atoms with Crippen molar-refractivity contribution in [3.05, 3.63) is 55.6 Å². The molecule has 0 saturated carbocycles. The second kappa shape index (κ2) is 7.16. The summed E-state index contributed by atoms with van der Waals surface area (Å²) in [4.78, 5) is 31.3.